The number of nitrogens with one attached hydrogen (secondary N) is 2. The fraction of sp³-hybridized carbons (Fsp3) is 0.722. The Morgan fingerprint density at radius 1 is 1.35 bits per heavy atom. The molecular formula is C18H30N4S. The number of hydrogen-bond acceptors (Lipinski definition) is 3. The maximum absolute atomic E-state index is 4.35. The SMILES string of the molecule is CN=C(NCCN(CC1CC1)C1CC1)NCC(C)c1ccsc1. The van der Waals surface area contributed by atoms with Crippen LogP contribution in [-0.4, -0.2) is 50.1 Å². The number of nitrogens with zero attached hydrogens (tertiary/aromatic N) is 2. The van der Waals surface area contributed by atoms with Gasteiger partial charge in [-0.1, -0.05) is 6.92 Å². The Morgan fingerprint density at radius 2 is 2.17 bits per heavy atom. The summed E-state index contributed by atoms with van der Waals surface area (Å²) in [5.74, 6) is 2.42. The molecule has 0 amide bonds. The highest BCUT2D eigenvalue weighted by molar-refractivity contribution is 7.07. The molecule has 2 saturated carbocycles. The summed E-state index contributed by atoms with van der Waals surface area (Å²) < 4.78 is 0. The van der Waals surface area contributed by atoms with Crippen LogP contribution in [-0.2, 0) is 0 Å². The van der Waals surface area contributed by atoms with Crippen molar-refractivity contribution in [3.05, 3.63) is 22.4 Å². The summed E-state index contributed by atoms with van der Waals surface area (Å²) in [5, 5.41) is 11.3. The van der Waals surface area contributed by atoms with Gasteiger partial charge in [-0.15, -0.1) is 0 Å². The number of guanidine groups is 1. The van der Waals surface area contributed by atoms with Gasteiger partial charge < -0.3 is 10.6 Å². The van der Waals surface area contributed by atoms with E-state index in [1.54, 1.807) is 11.3 Å². The molecule has 1 aromatic rings. The molecule has 0 bridgehead atoms. The van der Waals surface area contributed by atoms with Gasteiger partial charge in [0.2, 0.25) is 0 Å². The van der Waals surface area contributed by atoms with Crippen molar-refractivity contribution in [2.45, 2.75) is 44.6 Å². The quantitative estimate of drug-likeness (QED) is 0.539. The maximum atomic E-state index is 4.35. The maximum Gasteiger partial charge on any atom is 0.191 e. The van der Waals surface area contributed by atoms with E-state index in [9.17, 15) is 0 Å². The van der Waals surface area contributed by atoms with Gasteiger partial charge in [-0.25, -0.2) is 0 Å². The molecular weight excluding hydrogens is 304 g/mol. The topological polar surface area (TPSA) is 39.7 Å². The number of aliphatic imine (C=N–C) groups is 1. The molecule has 0 spiro atoms. The first-order valence-electron chi connectivity index (χ1n) is 8.97. The standard InChI is InChI=1S/C18H30N4S/c1-14(16-7-10-23-13-16)11-21-18(19-2)20-8-9-22(17-5-6-17)12-15-3-4-15/h7,10,13-15,17H,3-6,8-9,11-12H2,1-2H3,(H2,19,20,21). The third-order valence-corrected chi connectivity index (χ3v) is 5.56. The van der Waals surface area contributed by atoms with Crippen molar-refractivity contribution in [2.75, 3.05) is 33.2 Å². The van der Waals surface area contributed by atoms with Gasteiger partial charge in [0.1, 0.15) is 0 Å². The summed E-state index contributed by atoms with van der Waals surface area (Å²) in [4.78, 5) is 7.04. The minimum Gasteiger partial charge on any atom is -0.356 e. The second-order valence-electron chi connectivity index (χ2n) is 7.01. The van der Waals surface area contributed by atoms with E-state index in [0.29, 0.717) is 5.92 Å². The molecule has 3 rings (SSSR count). The zero-order valence-corrected chi connectivity index (χ0v) is 15.2. The Bertz CT molecular complexity index is 491. The Balaban J connectivity index is 1.35. The molecule has 0 aromatic carbocycles. The smallest absolute Gasteiger partial charge is 0.191 e. The average Bonchev–Trinajstić information content (AvgIpc) is 3.49. The molecule has 0 saturated heterocycles. The molecule has 4 nitrogen and oxygen atoms in total. The molecule has 2 aliphatic carbocycles. The molecule has 2 N–H and O–H groups in total. The molecule has 2 fully saturated rings. The van der Waals surface area contributed by atoms with Crippen LogP contribution in [0.3, 0.4) is 0 Å². The molecule has 1 unspecified atom stereocenters. The minimum atomic E-state index is 0.512. The fourth-order valence-corrected chi connectivity index (χ4v) is 3.74. The van der Waals surface area contributed by atoms with Crippen molar-refractivity contribution < 1.29 is 0 Å². The number of hydrogen-bond donors (Lipinski definition) is 2. The van der Waals surface area contributed by atoms with E-state index in [1.807, 2.05) is 7.05 Å². The minimum absolute atomic E-state index is 0.512. The van der Waals surface area contributed by atoms with E-state index >= 15 is 0 Å². The lowest BCUT2D eigenvalue weighted by molar-refractivity contribution is 0.256. The van der Waals surface area contributed by atoms with Crippen LogP contribution in [0, 0.1) is 5.92 Å². The predicted molar refractivity (Wildman–Crippen MR) is 99.4 cm³/mol. The van der Waals surface area contributed by atoms with Crippen LogP contribution in [0.1, 0.15) is 44.1 Å². The van der Waals surface area contributed by atoms with Gasteiger partial charge in [-0.05, 0) is 59.9 Å². The second-order valence-corrected chi connectivity index (χ2v) is 7.79. The van der Waals surface area contributed by atoms with E-state index in [1.165, 1.54) is 37.8 Å². The summed E-state index contributed by atoms with van der Waals surface area (Å²) in [6, 6.07) is 3.07. The van der Waals surface area contributed by atoms with Crippen LogP contribution in [0.5, 0.6) is 0 Å². The highest BCUT2D eigenvalue weighted by Gasteiger charge is 2.33. The lowest BCUT2D eigenvalue weighted by atomic mass is 10.1. The largest absolute Gasteiger partial charge is 0.356 e. The highest BCUT2D eigenvalue weighted by Crippen LogP contribution is 2.34. The monoisotopic (exact) mass is 334 g/mol. The molecule has 128 valence electrons. The van der Waals surface area contributed by atoms with Crippen LogP contribution >= 0.6 is 11.3 Å². The molecule has 1 aromatic heterocycles. The summed E-state index contributed by atoms with van der Waals surface area (Å²) >= 11 is 1.76. The van der Waals surface area contributed by atoms with Crippen LogP contribution < -0.4 is 10.6 Å². The normalized spacial score (nSPS) is 19.9. The number of rotatable bonds is 9. The third kappa shape index (κ3) is 5.50. The predicted octanol–water partition coefficient (Wildman–Crippen LogP) is 2.89. The highest BCUT2D eigenvalue weighted by atomic mass is 32.1. The van der Waals surface area contributed by atoms with Gasteiger partial charge in [-0.2, -0.15) is 11.3 Å². The van der Waals surface area contributed by atoms with Crippen LogP contribution in [0.25, 0.3) is 0 Å². The van der Waals surface area contributed by atoms with Crippen LogP contribution in [0.4, 0.5) is 0 Å². The van der Waals surface area contributed by atoms with Crippen molar-refractivity contribution in [3.63, 3.8) is 0 Å². The number of thiophene rings is 1. The van der Waals surface area contributed by atoms with Crippen molar-refractivity contribution in [2.24, 2.45) is 10.9 Å². The van der Waals surface area contributed by atoms with Gasteiger partial charge in [-0.3, -0.25) is 9.89 Å². The molecule has 1 heterocycles. The van der Waals surface area contributed by atoms with Gasteiger partial charge >= 0.3 is 0 Å². The lowest BCUT2D eigenvalue weighted by Crippen LogP contribution is -2.43. The average molecular weight is 335 g/mol. The van der Waals surface area contributed by atoms with Crippen LogP contribution in [0.15, 0.2) is 21.8 Å². The lowest BCUT2D eigenvalue weighted by Gasteiger charge is -2.23. The van der Waals surface area contributed by atoms with Gasteiger partial charge in [0, 0.05) is 39.3 Å². The molecule has 1 atom stereocenters. The van der Waals surface area contributed by atoms with Crippen molar-refractivity contribution in [3.8, 4) is 0 Å². The molecule has 0 radical (unpaired) electrons. The molecule has 0 aliphatic heterocycles. The van der Waals surface area contributed by atoms with Crippen molar-refractivity contribution in [1.82, 2.24) is 15.5 Å². The van der Waals surface area contributed by atoms with E-state index < -0.39 is 0 Å². The van der Waals surface area contributed by atoms with E-state index in [2.05, 4.69) is 44.3 Å². The third-order valence-electron chi connectivity index (χ3n) is 4.86. The van der Waals surface area contributed by atoms with E-state index in [-0.39, 0.29) is 0 Å². The Hall–Kier alpha value is -1.07. The Morgan fingerprint density at radius 3 is 2.78 bits per heavy atom. The summed E-state index contributed by atoms with van der Waals surface area (Å²) in [7, 11) is 1.85. The fourth-order valence-electron chi connectivity index (χ4n) is 2.96. The molecule has 23 heavy (non-hydrogen) atoms. The van der Waals surface area contributed by atoms with Gasteiger partial charge in [0.15, 0.2) is 5.96 Å². The summed E-state index contributed by atoms with van der Waals surface area (Å²) in [6.07, 6.45) is 5.69. The van der Waals surface area contributed by atoms with Crippen molar-refractivity contribution >= 4 is 17.3 Å². The first-order chi connectivity index (χ1) is 11.3. The Labute approximate surface area is 144 Å². The zero-order valence-electron chi connectivity index (χ0n) is 14.4. The Kier molecular flexibility index (Phi) is 5.95. The summed E-state index contributed by atoms with van der Waals surface area (Å²) in [6.45, 7) is 6.61. The van der Waals surface area contributed by atoms with Gasteiger partial charge in [0.25, 0.3) is 0 Å². The first-order valence-corrected chi connectivity index (χ1v) is 9.91. The molecule has 5 heteroatoms. The van der Waals surface area contributed by atoms with E-state index in [4.69, 9.17) is 0 Å². The summed E-state index contributed by atoms with van der Waals surface area (Å²) in [5.41, 5.74) is 1.40. The van der Waals surface area contributed by atoms with Crippen molar-refractivity contribution in [1.29, 1.82) is 0 Å². The van der Waals surface area contributed by atoms with E-state index in [0.717, 1.165) is 37.6 Å². The second kappa shape index (κ2) is 8.15. The molecule has 2 aliphatic rings. The first kappa shape index (κ1) is 16.8. The van der Waals surface area contributed by atoms with Gasteiger partial charge in [0.05, 0.1) is 0 Å². The van der Waals surface area contributed by atoms with Crippen LogP contribution in [0.2, 0.25) is 0 Å². The zero-order chi connectivity index (χ0) is 16.1.